The molecule has 6 nitrogen and oxygen atoms in total. The van der Waals surface area contributed by atoms with Crippen LogP contribution in [0.25, 0.3) is 11.0 Å². The molecule has 0 spiro atoms. The second-order valence-electron chi connectivity index (χ2n) is 8.52. The normalized spacial score (nSPS) is 15.8. The third-order valence-electron chi connectivity index (χ3n) is 6.15. The van der Waals surface area contributed by atoms with Crippen LogP contribution in [0.5, 0.6) is 5.75 Å². The summed E-state index contributed by atoms with van der Waals surface area (Å²) >= 11 is 0. The van der Waals surface area contributed by atoms with Gasteiger partial charge in [0.2, 0.25) is 11.9 Å². The molecule has 1 atom stereocenters. The minimum atomic E-state index is -3.05. The first kappa shape index (κ1) is 21.8. The molecular formula is C24H24F2N4O2. The first-order valence-electron chi connectivity index (χ1n) is 10.6. The van der Waals surface area contributed by atoms with Gasteiger partial charge in [0.25, 0.3) is 0 Å². The molecule has 1 heterocycles. The quantitative estimate of drug-likeness (QED) is 0.525. The Morgan fingerprint density at radius 1 is 1.31 bits per heavy atom. The van der Waals surface area contributed by atoms with Crippen molar-refractivity contribution < 1.29 is 18.3 Å². The Morgan fingerprint density at radius 3 is 2.62 bits per heavy atom. The summed E-state index contributed by atoms with van der Waals surface area (Å²) in [5.74, 6) is -0.126. The molecule has 3 aromatic rings. The average Bonchev–Trinajstić information content (AvgIpc) is 3.10. The van der Waals surface area contributed by atoms with Crippen LogP contribution in [0.3, 0.4) is 0 Å². The molecule has 32 heavy (non-hydrogen) atoms. The van der Waals surface area contributed by atoms with Crippen molar-refractivity contribution in [3.63, 3.8) is 0 Å². The minimum Gasteiger partial charge on any atom is -0.432 e. The van der Waals surface area contributed by atoms with Crippen molar-refractivity contribution in [3.8, 4) is 11.8 Å². The predicted molar refractivity (Wildman–Crippen MR) is 117 cm³/mol. The summed E-state index contributed by atoms with van der Waals surface area (Å²) < 4.78 is 32.5. The van der Waals surface area contributed by atoms with Gasteiger partial charge >= 0.3 is 6.61 Å². The largest absolute Gasteiger partial charge is 0.432 e. The van der Waals surface area contributed by atoms with Gasteiger partial charge in [-0.05, 0) is 43.7 Å². The SMILES string of the molecule is CC(CC(=O)Nc1nc2c(OC(F)F)cc(C#N)cc2n1C1(C)CCC1)c1ccccc1. The van der Waals surface area contributed by atoms with Gasteiger partial charge in [0, 0.05) is 18.0 Å². The smallest absolute Gasteiger partial charge is 0.387 e. The number of nitrogens with one attached hydrogen (secondary N) is 1. The lowest BCUT2D eigenvalue weighted by molar-refractivity contribution is -0.116. The highest BCUT2D eigenvalue weighted by Gasteiger charge is 2.38. The molecular weight excluding hydrogens is 414 g/mol. The van der Waals surface area contributed by atoms with Crippen LogP contribution in [0.15, 0.2) is 42.5 Å². The van der Waals surface area contributed by atoms with E-state index in [1.165, 1.54) is 6.07 Å². The second-order valence-corrected chi connectivity index (χ2v) is 8.52. The van der Waals surface area contributed by atoms with E-state index in [1.54, 1.807) is 6.07 Å². The fourth-order valence-corrected chi connectivity index (χ4v) is 4.29. The first-order chi connectivity index (χ1) is 15.3. The van der Waals surface area contributed by atoms with Crippen LogP contribution in [-0.4, -0.2) is 22.1 Å². The number of amides is 1. The Morgan fingerprint density at radius 2 is 2.03 bits per heavy atom. The molecule has 1 amide bonds. The number of nitrogens with zero attached hydrogens (tertiary/aromatic N) is 3. The number of imidazole rings is 1. The van der Waals surface area contributed by atoms with Crippen molar-refractivity contribution in [3.05, 3.63) is 53.6 Å². The standard InChI is InChI=1S/C24H24F2N4O2/c1-15(17-7-4-3-5-8-17)11-20(31)28-23-29-21-18(30(23)24(2)9-6-10-24)12-16(14-27)13-19(21)32-22(25)26/h3-5,7-8,12-13,15,22H,6,9-11H2,1-2H3,(H,28,29,31). The molecule has 1 unspecified atom stereocenters. The van der Waals surface area contributed by atoms with E-state index in [9.17, 15) is 18.8 Å². The van der Waals surface area contributed by atoms with Gasteiger partial charge in [0.15, 0.2) is 5.75 Å². The Bertz CT molecular complexity index is 1180. The maximum Gasteiger partial charge on any atom is 0.387 e. The van der Waals surface area contributed by atoms with E-state index in [0.29, 0.717) is 5.52 Å². The second kappa shape index (κ2) is 8.58. The van der Waals surface area contributed by atoms with Gasteiger partial charge < -0.3 is 9.30 Å². The lowest BCUT2D eigenvalue weighted by atomic mass is 9.78. The zero-order chi connectivity index (χ0) is 22.9. The van der Waals surface area contributed by atoms with Crippen LogP contribution in [0.4, 0.5) is 14.7 Å². The summed E-state index contributed by atoms with van der Waals surface area (Å²) in [4.78, 5) is 17.3. The van der Waals surface area contributed by atoms with E-state index in [-0.39, 0.29) is 46.6 Å². The Labute approximate surface area is 184 Å². The highest BCUT2D eigenvalue weighted by atomic mass is 19.3. The molecule has 0 aliphatic heterocycles. The van der Waals surface area contributed by atoms with Crippen LogP contribution in [0, 0.1) is 11.3 Å². The number of carbonyl (C=O) groups is 1. The highest BCUT2D eigenvalue weighted by Crippen LogP contribution is 2.44. The molecule has 4 rings (SSSR count). The predicted octanol–water partition coefficient (Wildman–Crippen LogP) is 5.54. The maximum absolute atomic E-state index is 13.0. The van der Waals surface area contributed by atoms with Gasteiger partial charge in [-0.2, -0.15) is 14.0 Å². The third-order valence-corrected chi connectivity index (χ3v) is 6.15. The van der Waals surface area contributed by atoms with Crippen molar-refractivity contribution in [2.45, 2.75) is 57.6 Å². The number of alkyl halides is 2. The lowest BCUT2D eigenvalue weighted by Crippen LogP contribution is -2.38. The lowest BCUT2D eigenvalue weighted by Gasteiger charge is -2.41. The Kier molecular flexibility index (Phi) is 5.83. The molecule has 0 radical (unpaired) electrons. The summed E-state index contributed by atoms with van der Waals surface area (Å²) in [7, 11) is 0. The fourth-order valence-electron chi connectivity index (χ4n) is 4.29. The first-order valence-corrected chi connectivity index (χ1v) is 10.6. The number of anilines is 1. The van der Waals surface area contributed by atoms with Crippen LogP contribution >= 0.6 is 0 Å². The van der Waals surface area contributed by atoms with E-state index in [4.69, 9.17) is 0 Å². The summed E-state index contributed by atoms with van der Waals surface area (Å²) in [5.41, 5.74) is 1.59. The molecule has 1 N–H and O–H groups in total. The molecule has 166 valence electrons. The van der Waals surface area contributed by atoms with Crippen LogP contribution in [0.1, 0.15) is 56.6 Å². The monoisotopic (exact) mass is 438 g/mol. The number of hydrogen-bond acceptors (Lipinski definition) is 4. The molecule has 1 aromatic heterocycles. The van der Waals surface area contributed by atoms with Crippen LogP contribution in [-0.2, 0) is 10.3 Å². The van der Waals surface area contributed by atoms with Gasteiger partial charge in [0.1, 0.15) is 5.52 Å². The van der Waals surface area contributed by atoms with Crippen LogP contribution < -0.4 is 10.1 Å². The van der Waals surface area contributed by atoms with Gasteiger partial charge in [-0.15, -0.1) is 0 Å². The van der Waals surface area contributed by atoms with E-state index >= 15 is 0 Å². The average molecular weight is 438 g/mol. The summed E-state index contributed by atoms with van der Waals surface area (Å²) in [5, 5.41) is 12.3. The number of rotatable bonds is 7. The molecule has 2 aromatic carbocycles. The van der Waals surface area contributed by atoms with Crippen molar-refractivity contribution in [1.29, 1.82) is 5.26 Å². The molecule has 0 bridgehead atoms. The van der Waals surface area contributed by atoms with Crippen LogP contribution in [0.2, 0.25) is 0 Å². The third kappa shape index (κ3) is 4.15. The van der Waals surface area contributed by atoms with Crippen molar-refractivity contribution in [2.75, 3.05) is 5.32 Å². The number of carbonyl (C=O) groups excluding carboxylic acids is 1. The van der Waals surface area contributed by atoms with Gasteiger partial charge in [-0.3, -0.25) is 10.1 Å². The van der Waals surface area contributed by atoms with E-state index in [2.05, 4.69) is 15.0 Å². The molecule has 8 heteroatoms. The zero-order valence-corrected chi connectivity index (χ0v) is 17.9. The highest BCUT2D eigenvalue weighted by molar-refractivity contribution is 5.94. The van der Waals surface area contributed by atoms with Crippen molar-refractivity contribution in [2.24, 2.45) is 0 Å². The number of ether oxygens (including phenoxy) is 1. The Balaban J connectivity index is 1.72. The van der Waals surface area contributed by atoms with Crippen molar-refractivity contribution in [1.82, 2.24) is 9.55 Å². The van der Waals surface area contributed by atoms with E-state index in [0.717, 1.165) is 24.8 Å². The number of fused-ring (bicyclic) bond motifs is 1. The number of benzene rings is 2. The van der Waals surface area contributed by atoms with Gasteiger partial charge in [-0.1, -0.05) is 37.3 Å². The van der Waals surface area contributed by atoms with Crippen molar-refractivity contribution >= 4 is 22.9 Å². The zero-order valence-electron chi connectivity index (χ0n) is 17.9. The molecule has 1 saturated carbocycles. The van der Waals surface area contributed by atoms with Gasteiger partial charge in [-0.25, -0.2) is 4.98 Å². The molecule has 1 aliphatic carbocycles. The summed E-state index contributed by atoms with van der Waals surface area (Å²) in [6.45, 7) is 0.951. The van der Waals surface area contributed by atoms with Gasteiger partial charge in [0.05, 0.1) is 17.1 Å². The topological polar surface area (TPSA) is 79.9 Å². The van der Waals surface area contributed by atoms with E-state index in [1.807, 2.05) is 54.8 Å². The number of hydrogen-bond donors (Lipinski definition) is 1. The fraction of sp³-hybridized carbons (Fsp3) is 0.375. The minimum absolute atomic E-state index is 0.00348. The van der Waals surface area contributed by atoms with E-state index < -0.39 is 6.61 Å². The molecule has 1 fully saturated rings. The maximum atomic E-state index is 13.0. The molecule has 1 aliphatic rings. The Hall–Kier alpha value is -3.47. The number of nitriles is 1. The number of halogens is 2. The summed E-state index contributed by atoms with van der Waals surface area (Å²) in [6.07, 6.45) is 2.95. The number of aromatic nitrogens is 2. The molecule has 0 saturated heterocycles. The summed E-state index contributed by atoms with van der Waals surface area (Å²) in [6, 6.07) is 14.6.